The number of furan rings is 1. The van der Waals surface area contributed by atoms with E-state index in [1.165, 1.54) is 5.56 Å². The third kappa shape index (κ3) is 4.49. The van der Waals surface area contributed by atoms with Crippen LogP contribution in [0.2, 0.25) is 0 Å². The highest BCUT2D eigenvalue weighted by molar-refractivity contribution is 7.99. The van der Waals surface area contributed by atoms with E-state index in [-0.39, 0.29) is 18.2 Å². The standard InChI is InChI=1S/C24H25N3O2S2/c1-16-7-9-18(10-8-16)31-21-12-11-20(29-21)23-22(19-6-2-3-13-25-19)26-24(30)27(23)15-17-5-4-14-28-17/h2-3,6-13,17,22-23H,4-5,14-15H2,1H3,(H,26,30)/t17-,22-,23+/m0/s1. The number of ether oxygens (including phenoxy) is 1. The van der Waals surface area contributed by atoms with Crippen molar-refractivity contribution in [3.63, 3.8) is 0 Å². The Morgan fingerprint density at radius 1 is 1.16 bits per heavy atom. The lowest BCUT2D eigenvalue weighted by Gasteiger charge is -2.28. The zero-order valence-electron chi connectivity index (χ0n) is 17.4. The Labute approximate surface area is 192 Å². The highest BCUT2D eigenvalue weighted by Crippen LogP contribution is 2.41. The van der Waals surface area contributed by atoms with E-state index in [1.807, 2.05) is 30.5 Å². The minimum Gasteiger partial charge on any atom is -0.452 e. The number of hydrogen-bond donors (Lipinski definition) is 1. The third-order valence-corrected chi connectivity index (χ3v) is 7.04. The molecule has 0 aliphatic carbocycles. The quantitative estimate of drug-likeness (QED) is 0.511. The molecule has 2 aliphatic rings. The maximum atomic E-state index is 6.35. The Balaban J connectivity index is 1.43. The summed E-state index contributed by atoms with van der Waals surface area (Å²) in [6.07, 6.45) is 4.18. The maximum Gasteiger partial charge on any atom is 0.170 e. The lowest BCUT2D eigenvalue weighted by molar-refractivity contribution is 0.0812. The maximum absolute atomic E-state index is 6.35. The number of benzene rings is 1. The molecule has 0 spiro atoms. The molecule has 0 amide bonds. The summed E-state index contributed by atoms with van der Waals surface area (Å²) in [6.45, 7) is 3.67. The van der Waals surface area contributed by atoms with Crippen molar-refractivity contribution in [1.82, 2.24) is 15.2 Å². The van der Waals surface area contributed by atoms with Crippen LogP contribution in [0.4, 0.5) is 0 Å². The molecule has 160 valence electrons. The number of aryl methyl sites for hydroxylation is 1. The third-order valence-electron chi connectivity index (χ3n) is 5.76. The van der Waals surface area contributed by atoms with Crippen LogP contribution in [0.1, 0.15) is 41.9 Å². The summed E-state index contributed by atoms with van der Waals surface area (Å²) < 4.78 is 12.3. The minimum absolute atomic E-state index is 0.0704. The fraction of sp³-hybridized carbons (Fsp3) is 0.333. The minimum atomic E-state index is -0.0709. The van der Waals surface area contributed by atoms with Gasteiger partial charge >= 0.3 is 0 Å². The SMILES string of the molecule is Cc1ccc(Sc2ccc([C@@H]3[C@H](c4ccccn4)NC(=S)N3C[C@@H]3CCCO3)o2)cc1. The van der Waals surface area contributed by atoms with Crippen molar-refractivity contribution in [2.24, 2.45) is 0 Å². The van der Waals surface area contributed by atoms with Crippen molar-refractivity contribution in [3.05, 3.63) is 77.8 Å². The average Bonchev–Trinajstić information content (AvgIpc) is 3.52. The topological polar surface area (TPSA) is 50.5 Å². The molecular weight excluding hydrogens is 426 g/mol. The van der Waals surface area contributed by atoms with Gasteiger partial charge in [0.2, 0.25) is 0 Å². The first-order chi connectivity index (χ1) is 15.2. The number of hydrogen-bond acceptors (Lipinski definition) is 5. The Morgan fingerprint density at radius 3 is 2.77 bits per heavy atom. The first-order valence-corrected chi connectivity index (χ1v) is 11.8. The van der Waals surface area contributed by atoms with E-state index in [0.29, 0.717) is 0 Å². The number of thiocarbonyl (C=S) groups is 1. The van der Waals surface area contributed by atoms with Gasteiger partial charge in [0, 0.05) is 24.2 Å². The van der Waals surface area contributed by atoms with Crippen LogP contribution in [0, 0.1) is 6.92 Å². The van der Waals surface area contributed by atoms with Crippen LogP contribution >= 0.6 is 24.0 Å². The van der Waals surface area contributed by atoms with Gasteiger partial charge in [0.1, 0.15) is 11.8 Å². The van der Waals surface area contributed by atoms with E-state index >= 15 is 0 Å². The second kappa shape index (κ2) is 9.02. The van der Waals surface area contributed by atoms with E-state index in [2.05, 4.69) is 52.5 Å². The normalized spacial score (nSPS) is 23.3. The molecule has 7 heteroatoms. The molecule has 1 aromatic carbocycles. The molecule has 5 nitrogen and oxygen atoms in total. The molecule has 5 rings (SSSR count). The van der Waals surface area contributed by atoms with Gasteiger partial charge in [-0.3, -0.25) is 4.98 Å². The van der Waals surface area contributed by atoms with Crippen molar-refractivity contribution in [3.8, 4) is 0 Å². The van der Waals surface area contributed by atoms with Gasteiger partial charge in [0.15, 0.2) is 10.2 Å². The van der Waals surface area contributed by atoms with Crippen LogP contribution in [0.25, 0.3) is 0 Å². The smallest absolute Gasteiger partial charge is 0.170 e. The number of pyridine rings is 1. The van der Waals surface area contributed by atoms with Crippen LogP contribution in [0.15, 0.2) is 75.2 Å². The summed E-state index contributed by atoms with van der Waals surface area (Å²) in [4.78, 5) is 7.96. The van der Waals surface area contributed by atoms with Crippen LogP contribution in [0.3, 0.4) is 0 Å². The summed E-state index contributed by atoms with van der Waals surface area (Å²) in [5, 5.41) is 5.07. The van der Waals surface area contributed by atoms with E-state index in [9.17, 15) is 0 Å². The molecule has 1 N–H and O–H groups in total. The monoisotopic (exact) mass is 451 g/mol. The fourth-order valence-electron chi connectivity index (χ4n) is 4.19. The van der Waals surface area contributed by atoms with Gasteiger partial charge in [0.05, 0.1) is 17.8 Å². The summed E-state index contributed by atoms with van der Waals surface area (Å²) in [5.74, 6) is 0.885. The molecule has 31 heavy (non-hydrogen) atoms. The van der Waals surface area contributed by atoms with Crippen LogP contribution in [0.5, 0.6) is 0 Å². The molecule has 3 aromatic rings. The molecule has 4 heterocycles. The van der Waals surface area contributed by atoms with Gasteiger partial charge in [-0.25, -0.2) is 0 Å². The van der Waals surface area contributed by atoms with Crippen LogP contribution in [-0.4, -0.2) is 34.3 Å². The zero-order chi connectivity index (χ0) is 21.2. The highest BCUT2D eigenvalue weighted by Gasteiger charge is 2.42. The van der Waals surface area contributed by atoms with Crippen LogP contribution < -0.4 is 5.32 Å². The van der Waals surface area contributed by atoms with E-state index < -0.39 is 0 Å². The predicted octanol–water partition coefficient (Wildman–Crippen LogP) is 5.29. The molecular formula is C24H25N3O2S2. The molecule has 0 radical (unpaired) electrons. The Kier molecular flexibility index (Phi) is 5.98. The lowest BCUT2D eigenvalue weighted by Crippen LogP contribution is -2.36. The average molecular weight is 452 g/mol. The summed E-state index contributed by atoms with van der Waals surface area (Å²) in [7, 11) is 0. The Hall–Kier alpha value is -2.35. The summed E-state index contributed by atoms with van der Waals surface area (Å²) in [6, 6.07) is 18.4. The van der Waals surface area contributed by atoms with E-state index in [0.717, 1.165) is 52.5 Å². The van der Waals surface area contributed by atoms with Gasteiger partial charge in [-0.05, 0) is 68.4 Å². The molecule has 2 fully saturated rings. The van der Waals surface area contributed by atoms with Crippen molar-refractivity contribution < 1.29 is 9.15 Å². The predicted molar refractivity (Wildman–Crippen MR) is 125 cm³/mol. The molecule has 2 aromatic heterocycles. The summed E-state index contributed by atoms with van der Waals surface area (Å²) in [5.41, 5.74) is 2.20. The first kappa shape index (κ1) is 20.5. The van der Waals surface area contributed by atoms with E-state index in [1.54, 1.807) is 11.8 Å². The molecule has 2 aliphatic heterocycles. The van der Waals surface area contributed by atoms with Gasteiger partial charge in [0.25, 0.3) is 0 Å². The molecule has 0 unspecified atom stereocenters. The van der Waals surface area contributed by atoms with Crippen LogP contribution in [-0.2, 0) is 4.74 Å². The largest absolute Gasteiger partial charge is 0.452 e. The Bertz CT molecular complexity index is 1030. The number of nitrogens with one attached hydrogen (secondary N) is 1. The van der Waals surface area contributed by atoms with Crippen molar-refractivity contribution in [2.45, 2.75) is 47.9 Å². The lowest BCUT2D eigenvalue weighted by atomic mass is 10.0. The zero-order valence-corrected chi connectivity index (χ0v) is 19.0. The van der Waals surface area contributed by atoms with Gasteiger partial charge in [-0.15, -0.1) is 0 Å². The fourth-order valence-corrected chi connectivity index (χ4v) is 5.28. The molecule has 2 saturated heterocycles. The molecule has 3 atom stereocenters. The second-order valence-corrected chi connectivity index (χ2v) is 9.45. The number of nitrogens with zero attached hydrogens (tertiary/aromatic N) is 2. The molecule has 0 saturated carbocycles. The first-order valence-electron chi connectivity index (χ1n) is 10.6. The summed E-state index contributed by atoms with van der Waals surface area (Å²) >= 11 is 7.37. The number of rotatable bonds is 6. The van der Waals surface area contributed by atoms with Crippen molar-refractivity contribution >= 4 is 29.1 Å². The Morgan fingerprint density at radius 2 is 2.03 bits per heavy atom. The van der Waals surface area contributed by atoms with Crippen molar-refractivity contribution in [2.75, 3.05) is 13.2 Å². The van der Waals surface area contributed by atoms with Crippen molar-refractivity contribution in [1.29, 1.82) is 0 Å². The van der Waals surface area contributed by atoms with Gasteiger partial charge in [-0.2, -0.15) is 0 Å². The number of aromatic nitrogens is 1. The van der Waals surface area contributed by atoms with Gasteiger partial charge < -0.3 is 19.4 Å². The second-order valence-electron chi connectivity index (χ2n) is 7.99. The van der Waals surface area contributed by atoms with Gasteiger partial charge in [-0.1, -0.05) is 35.5 Å². The highest BCUT2D eigenvalue weighted by atomic mass is 32.2. The molecule has 0 bridgehead atoms. The van der Waals surface area contributed by atoms with E-state index in [4.69, 9.17) is 21.4 Å².